The molecule has 2 rings (SSSR count). The predicted molar refractivity (Wildman–Crippen MR) is 82.4 cm³/mol. The Kier molecular flexibility index (Phi) is 4.53. The molecule has 2 aromatic carbocycles. The van der Waals surface area contributed by atoms with Crippen LogP contribution in [0.3, 0.4) is 0 Å². The molecule has 0 atom stereocenters. The number of benzene rings is 2. The highest BCUT2D eigenvalue weighted by molar-refractivity contribution is 6.33. The van der Waals surface area contributed by atoms with Crippen LogP contribution in [0.25, 0.3) is 0 Å². The third-order valence-electron chi connectivity index (χ3n) is 3.02. The van der Waals surface area contributed by atoms with Crippen LogP contribution in [0.15, 0.2) is 47.6 Å². The Morgan fingerprint density at radius 1 is 1.10 bits per heavy atom. The molecule has 0 saturated heterocycles. The van der Waals surface area contributed by atoms with E-state index in [2.05, 4.69) is 10.5 Å². The Balaban J connectivity index is 2.11. The number of aryl methyl sites for hydroxylation is 2. The summed E-state index contributed by atoms with van der Waals surface area (Å²) in [6.45, 7) is 4.01. The monoisotopic (exact) mass is 286 g/mol. The van der Waals surface area contributed by atoms with E-state index in [1.54, 1.807) is 30.5 Å². The van der Waals surface area contributed by atoms with E-state index in [1.165, 1.54) is 0 Å². The molecule has 0 aliphatic carbocycles. The number of nitrogens with one attached hydrogen (secondary N) is 1. The standard InChI is InChI=1S/C16H15ClN2O/c1-11-6-5-7-12(2)14(11)10-18-19-16(20)13-8-3-4-9-15(13)17/h3-10H,1-2H3,(H,19,20)/b18-10-. The Hall–Kier alpha value is -2.13. The SMILES string of the molecule is Cc1cccc(C)c1/C=N\NC(=O)c1ccccc1Cl. The number of rotatable bonds is 3. The maximum absolute atomic E-state index is 11.9. The minimum Gasteiger partial charge on any atom is -0.267 e. The highest BCUT2D eigenvalue weighted by Crippen LogP contribution is 2.14. The quantitative estimate of drug-likeness (QED) is 0.678. The molecular weight excluding hydrogens is 272 g/mol. The fourth-order valence-corrected chi connectivity index (χ4v) is 2.11. The first-order valence-electron chi connectivity index (χ1n) is 6.23. The molecule has 0 aliphatic heterocycles. The van der Waals surface area contributed by atoms with Crippen molar-refractivity contribution in [3.05, 3.63) is 69.7 Å². The van der Waals surface area contributed by atoms with E-state index in [4.69, 9.17) is 11.6 Å². The van der Waals surface area contributed by atoms with Crippen molar-refractivity contribution in [1.29, 1.82) is 0 Å². The van der Waals surface area contributed by atoms with Crippen LogP contribution in [0, 0.1) is 13.8 Å². The van der Waals surface area contributed by atoms with Gasteiger partial charge in [-0.25, -0.2) is 5.43 Å². The minimum atomic E-state index is -0.321. The number of halogens is 1. The van der Waals surface area contributed by atoms with Gasteiger partial charge < -0.3 is 0 Å². The average Bonchev–Trinajstić information content (AvgIpc) is 2.42. The minimum absolute atomic E-state index is 0.321. The number of nitrogens with zero attached hydrogens (tertiary/aromatic N) is 1. The van der Waals surface area contributed by atoms with Gasteiger partial charge in [-0.05, 0) is 37.1 Å². The summed E-state index contributed by atoms with van der Waals surface area (Å²) in [5, 5.41) is 4.41. The summed E-state index contributed by atoms with van der Waals surface area (Å²) < 4.78 is 0. The number of amides is 1. The fourth-order valence-electron chi connectivity index (χ4n) is 1.89. The van der Waals surface area contributed by atoms with Crippen LogP contribution in [0.4, 0.5) is 0 Å². The zero-order valence-electron chi connectivity index (χ0n) is 11.4. The Morgan fingerprint density at radius 2 is 1.75 bits per heavy atom. The van der Waals surface area contributed by atoms with Crippen molar-refractivity contribution in [2.75, 3.05) is 0 Å². The van der Waals surface area contributed by atoms with Crippen LogP contribution in [0.5, 0.6) is 0 Å². The Morgan fingerprint density at radius 3 is 2.40 bits per heavy atom. The Labute approximate surface area is 123 Å². The number of carbonyl (C=O) groups is 1. The molecule has 1 amide bonds. The van der Waals surface area contributed by atoms with Crippen LogP contribution in [-0.4, -0.2) is 12.1 Å². The summed E-state index contributed by atoms with van der Waals surface area (Å²) in [5.41, 5.74) is 6.13. The second-order valence-corrected chi connectivity index (χ2v) is 4.89. The molecule has 0 aromatic heterocycles. The molecule has 0 heterocycles. The van der Waals surface area contributed by atoms with Gasteiger partial charge in [0.25, 0.3) is 5.91 Å². The van der Waals surface area contributed by atoms with Crippen molar-refractivity contribution >= 4 is 23.7 Å². The maximum atomic E-state index is 11.9. The van der Waals surface area contributed by atoms with Gasteiger partial charge in [-0.15, -0.1) is 0 Å². The summed E-state index contributed by atoms with van der Waals surface area (Å²) in [5.74, 6) is -0.321. The summed E-state index contributed by atoms with van der Waals surface area (Å²) in [7, 11) is 0. The number of carbonyl (C=O) groups excluding carboxylic acids is 1. The number of hydrazone groups is 1. The van der Waals surface area contributed by atoms with E-state index < -0.39 is 0 Å². The lowest BCUT2D eigenvalue weighted by Gasteiger charge is -2.04. The van der Waals surface area contributed by atoms with Gasteiger partial charge in [0.2, 0.25) is 0 Å². The molecule has 0 spiro atoms. The van der Waals surface area contributed by atoms with E-state index >= 15 is 0 Å². The molecule has 0 bridgehead atoms. The van der Waals surface area contributed by atoms with Crippen LogP contribution in [0.2, 0.25) is 5.02 Å². The largest absolute Gasteiger partial charge is 0.272 e. The van der Waals surface area contributed by atoms with Crippen LogP contribution >= 0.6 is 11.6 Å². The van der Waals surface area contributed by atoms with Gasteiger partial charge in [-0.2, -0.15) is 5.10 Å². The molecule has 4 heteroatoms. The zero-order chi connectivity index (χ0) is 14.5. The van der Waals surface area contributed by atoms with Gasteiger partial charge in [0, 0.05) is 5.56 Å². The summed E-state index contributed by atoms with van der Waals surface area (Å²) in [6.07, 6.45) is 1.65. The van der Waals surface area contributed by atoms with Gasteiger partial charge in [-0.1, -0.05) is 41.9 Å². The molecule has 0 fully saturated rings. The van der Waals surface area contributed by atoms with Crippen molar-refractivity contribution < 1.29 is 4.79 Å². The van der Waals surface area contributed by atoms with Gasteiger partial charge in [0.05, 0.1) is 16.8 Å². The third-order valence-corrected chi connectivity index (χ3v) is 3.35. The summed E-state index contributed by atoms with van der Waals surface area (Å²) in [4.78, 5) is 11.9. The topological polar surface area (TPSA) is 41.5 Å². The number of hydrogen-bond donors (Lipinski definition) is 1. The first-order chi connectivity index (χ1) is 9.59. The van der Waals surface area contributed by atoms with Crippen molar-refractivity contribution in [2.24, 2.45) is 5.10 Å². The van der Waals surface area contributed by atoms with Gasteiger partial charge in [0.1, 0.15) is 0 Å². The highest BCUT2D eigenvalue weighted by Gasteiger charge is 2.07. The van der Waals surface area contributed by atoms with Crippen LogP contribution < -0.4 is 5.43 Å². The number of hydrogen-bond acceptors (Lipinski definition) is 2. The van der Waals surface area contributed by atoms with Crippen LogP contribution in [0.1, 0.15) is 27.0 Å². The molecule has 0 radical (unpaired) electrons. The first-order valence-corrected chi connectivity index (χ1v) is 6.61. The zero-order valence-corrected chi connectivity index (χ0v) is 12.1. The first kappa shape index (κ1) is 14.3. The predicted octanol–water partition coefficient (Wildman–Crippen LogP) is 3.72. The van der Waals surface area contributed by atoms with Crippen molar-refractivity contribution in [2.45, 2.75) is 13.8 Å². The summed E-state index contributed by atoms with van der Waals surface area (Å²) >= 11 is 5.95. The molecule has 0 unspecified atom stereocenters. The normalized spacial score (nSPS) is 10.8. The van der Waals surface area contributed by atoms with Crippen molar-refractivity contribution in [3.63, 3.8) is 0 Å². The van der Waals surface area contributed by atoms with E-state index in [-0.39, 0.29) is 5.91 Å². The molecule has 2 aromatic rings. The maximum Gasteiger partial charge on any atom is 0.272 e. The van der Waals surface area contributed by atoms with Gasteiger partial charge in [-0.3, -0.25) is 4.79 Å². The van der Waals surface area contributed by atoms with E-state index in [0.717, 1.165) is 16.7 Å². The fraction of sp³-hybridized carbons (Fsp3) is 0.125. The third kappa shape index (κ3) is 3.25. The molecule has 0 saturated carbocycles. The van der Waals surface area contributed by atoms with Gasteiger partial charge in [0.15, 0.2) is 0 Å². The summed E-state index contributed by atoms with van der Waals surface area (Å²) in [6, 6.07) is 12.9. The molecule has 20 heavy (non-hydrogen) atoms. The van der Waals surface area contributed by atoms with E-state index in [1.807, 2.05) is 32.0 Å². The van der Waals surface area contributed by atoms with Crippen LogP contribution in [-0.2, 0) is 0 Å². The van der Waals surface area contributed by atoms with Gasteiger partial charge >= 0.3 is 0 Å². The second kappa shape index (κ2) is 6.35. The van der Waals surface area contributed by atoms with E-state index in [0.29, 0.717) is 10.6 Å². The molecule has 0 aliphatic rings. The van der Waals surface area contributed by atoms with Crippen molar-refractivity contribution in [1.82, 2.24) is 5.43 Å². The van der Waals surface area contributed by atoms with Crippen molar-refractivity contribution in [3.8, 4) is 0 Å². The lowest BCUT2D eigenvalue weighted by Crippen LogP contribution is -2.18. The lowest BCUT2D eigenvalue weighted by atomic mass is 10.0. The molecule has 1 N–H and O–H groups in total. The highest BCUT2D eigenvalue weighted by atomic mass is 35.5. The lowest BCUT2D eigenvalue weighted by molar-refractivity contribution is 0.0955. The van der Waals surface area contributed by atoms with E-state index in [9.17, 15) is 4.79 Å². The molecule has 3 nitrogen and oxygen atoms in total. The molecule has 102 valence electrons. The smallest absolute Gasteiger partial charge is 0.267 e. The second-order valence-electron chi connectivity index (χ2n) is 4.48. The molecular formula is C16H15ClN2O. The average molecular weight is 287 g/mol. The Bertz CT molecular complexity index is 645.